The van der Waals surface area contributed by atoms with Crippen molar-refractivity contribution >= 4 is 5.91 Å². The largest absolute Gasteiger partial charge is 0.396 e. The SMILES string of the molecule is C=CCCC(=O)NCCCCCO. The van der Waals surface area contributed by atoms with Gasteiger partial charge in [0.1, 0.15) is 0 Å². The Morgan fingerprint density at radius 2 is 2.15 bits per heavy atom. The van der Waals surface area contributed by atoms with Gasteiger partial charge in [0.25, 0.3) is 0 Å². The highest BCUT2D eigenvalue weighted by atomic mass is 16.2. The van der Waals surface area contributed by atoms with E-state index >= 15 is 0 Å². The fraction of sp³-hybridized carbons (Fsp3) is 0.700. The molecule has 3 nitrogen and oxygen atoms in total. The minimum Gasteiger partial charge on any atom is -0.396 e. The van der Waals surface area contributed by atoms with Gasteiger partial charge in [0, 0.05) is 19.6 Å². The normalized spacial score (nSPS) is 9.62. The van der Waals surface area contributed by atoms with E-state index in [1.807, 2.05) is 0 Å². The molecule has 0 aromatic heterocycles. The topological polar surface area (TPSA) is 49.3 Å². The lowest BCUT2D eigenvalue weighted by Crippen LogP contribution is -2.23. The molecule has 0 aliphatic rings. The van der Waals surface area contributed by atoms with Crippen molar-refractivity contribution in [3.05, 3.63) is 12.7 Å². The molecule has 0 rings (SSSR count). The summed E-state index contributed by atoms with van der Waals surface area (Å²) in [5.74, 6) is 0.0869. The van der Waals surface area contributed by atoms with Crippen molar-refractivity contribution in [1.82, 2.24) is 5.32 Å². The lowest BCUT2D eigenvalue weighted by atomic mass is 10.2. The Bertz CT molecular complexity index is 146. The van der Waals surface area contributed by atoms with Gasteiger partial charge in [0.15, 0.2) is 0 Å². The van der Waals surface area contributed by atoms with Crippen LogP contribution in [0, 0.1) is 0 Å². The van der Waals surface area contributed by atoms with Gasteiger partial charge in [-0.2, -0.15) is 0 Å². The van der Waals surface area contributed by atoms with Crippen LogP contribution < -0.4 is 5.32 Å². The lowest BCUT2D eigenvalue weighted by Gasteiger charge is -2.02. The molecule has 0 unspecified atom stereocenters. The maximum atomic E-state index is 11.0. The van der Waals surface area contributed by atoms with Gasteiger partial charge < -0.3 is 10.4 Å². The molecular weight excluding hydrogens is 166 g/mol. The first-order valence-corrected chi connectivity index (χ1v) is 4.79. The summed E-state index contributed by atoms with van der Waals surface area (Å²) < 4.78 is 0. The first kappa shape index (κ1) is 12.2. The molecule has 0 aliphatic heterocycles. The first-order chi connectivity index (χ1) is 6.31. The van der Waals surface area contributed by atoms with E-state index in [0.29, 0.717) is 6.42 Å². The highest BCUT2D eigenvalue weighted by molar-refractivity contribution is 5.75. The van der Waals surface area contributed by atoms with Crippen molar-refractivity contribution < 1.29 is 9.90 Å². The molecule has 2 N–H and O–H groups in total. The molecule has 0 aromatic carbocycles. The van der Waals surface area contributed by atoms with E-state index in [2.05, 4.69) is 11.9 Å². The zero-order valence-electron chi connectivity index (χ0n) is 8.09. The second-order valence-electron chi connectivity index (χ2n) is 2.96. The van der Waals surface area contributed by atoms with Crippen LogP contribution in [0.1, 0.15) is 32.1 Å². The first-order valence-electron chi connectivity index (χ1n) is 4.79. The summed E-state index contributed by atoms with van der Waals surface area (Å²) in [7, 11) is 0. The van der Waals surface area contributed by atoms with Gasteiger partial charge in [0.2, 0.25) is 5.91 Å². The highest BCUT2D eigenvalue weighted by Gasteiger charge is 1.97. The third-order valence-electron chi connectivity index (χ3n) is 1.73. The molecule has 0 aliphatic carbocycles. The maximum Gasteiger partial charge on any atom is 0.220 e. The third-order valence-corrected chi connectivity index (χ3v) is 1.73. The van der Waals surface area contributed by atoms with Gasteiger partial charge in [0.05, 0.1) is 0 Å². The minimum absolute atomic E-state index is 0.0869. The number of rotatable bonds is 8. The van der Waals surface area contributed by atoms with Crippen LogP contribution in [0.15, 0.2) is 12.7 Å². The fourth-order valence-corrected chi connectivity index (χ4v) is 0.963. The number of aliphatic hydroxyl groups is 1. The molecule has 0 bridgehead atoms. The molecule has 0 spiro atoms. The summed E-state index contributed by atoms with van der Waals surface area (Å²) in [4.78, 5) is 11.0. The van der Waals surface area contributed by atoms with Crippen molar-refractivity contribution in [2.24, 2.45) is 0 Å². The van der Waals surface area contributed by atoms with Crippen LogP contribution in [-0.4, -0.2) is 24.2 Å². The van der Waals surface area contributed by atoms with Crippen molar-refractivity contribution in [3.63, 3.8) is 0 Å². The van der Waals surface area contributed by atoms with Crippen LogP contribution in [0.25, 0.3) is 0 Å². The molecule has 0 heterocycles. The molecule has 76 valence electrons. The lowest BCUT2D eigenvalue weighted by molar-refractivity contribution is -0.121. The number of nitrogens with one attached hydrogen (secondary N) is 1. The Hall–Kier alpha value is -0.830. The summed E-state index contributed by atoms with van der Waals surface area (Å²) in [6, 6.07) is 0. The summed E-state index contributed by atoms with van der Waals surface area (Å²) in [6.07, 6.45) is 5.75. The average molecular weight is 185 g/mol. The monoisotopic (exact) mass is 185 g/mol. The number of carbonyl (C=O) groups excluding carboxylic acids is 1. The Labute approximate surface area is 79.8 Å². The van der Waals surface area contributed by atoms with Crippen molar-refractivity contribution in [2.75, 3.05) is 13.2 Å². The van der Waals surface area contributed by atoms with Gasteiger partial charge in [-0.25, -0.2) is 0 Å². The summed E-state index contributed by atoms with van der Waals surface area (Å²) in [6.45, 7) is 4.50. The summed E-state index contributed by atoms with van der Waals surface area (Å²) in [5, 5.41) is 11.3. The standard InChI is InChI=1S/C10H19NO2/c1-2-3-7-10(13)11-8-5-4-6-9-12/h2,12H,1,3-9H2,(H,11,13). The number of allylic oxidation sites excluding steroid dienone is 1. The van der Waals surface area contributed by atoms with Crippen molar-refractivity contribution in [1.29, 1.82) is 0 Å². The van der Waals surface area contributed by atoms with Crippen molar-refractivity contribution in [3.8, 4) is 0 Å². The number of aliphatic hydroxyl groups excluding tert-OH is 1. The number of amides is 1. The molecule has 13 heavy (non-hydrogen) atoms. The Morgan fingerprint density at radius 3 is 2.77 bits per heavy atom. The van der Waals surface area contributed by atoms with E-state index in [-0.39, 0.29) is 12.5 Å². The van der Waals surface area contributed by atoms with Crippen molar-refractivity contribution in [2.45, 2.75) is 32.1 Å². The van der Waals surface area contributed by atoms with E-state index in [9.17, 15) is 4.79 Å². The van der Waals surface area contributed by atoms with Crippen LogP contribution in [0.3, 0.4) is 0 Å². The van der Waals surface area contributed by atoms with Crippen LogP contribution in [-0.2, 0) is 4.79 Å². The Balaban J connectivity index is 3.12. The average Bonchev–Trinajstić information content (AvgIpc) is 2.14. The molecule has 0 aromatic rings. The predicted octanol–water partition coefficient (Wildman–Crippen LogP) is 1.23. The quantitative estimate of drug-likeness (QED) is 0.441. The van der Waals surface area contributed by atoms with Crippen LogP contribution in [0.4, 0.5) is 0 Å². The number of unbranched alkanes of at least 4 members (excludes halogenated alkanes) is 2. The predicted molar refractivity (Wildman–Crippen MR) is 53.4 cm³/mol. The van der Waals surface area contributed by atoms with E-state index in [1.54, 1.807) is 6.08 Å². The molecule has 0 atom stereocenters. The van der Waals surface area contributed by atoms with Gasteiger partial charge in [-0.1, -0.05) is 6.08 Å². The van der Waals surface area contributed by atoms with Crippen LogP contribution >= 0.6 is 0 Å². The van der Waals surface area contributed by atoms with E-state index < -0.39 is 0 Å². The molecule has 0 fully saturated rings. The number of hydrogen-bond acceptors (Lipinski definition) is 2. The molecule has 0 saturated carbocycles. The Morgan fingerprint density at radius 1 is 1.38 bits per heavy atom. The second-order valence-corrected chi connectivity index (χ2v) is 2.96. The second kappa shape index (κ2) is 9.26. The van der Waals surface area contributed by atoms with Gasteiger partial charge >= 0.3 is 0 Å². The van der Waals surface area contributed by atoms with E-state index in [4.69, 9.17) is 5.11 Å². The summed E-state index contributed by atoms with van der Waals surface area (Å²) in [5.41, 5.74) is 0. The number of carbonyl (C=O) groups is 1. The minimum atomic E-state index is 0.0869. The zero-order chi connectivity index (χ0) is 9.94. The smallest absolute Gasteiger partial charge is 0.220 e. The molecule has 0 saturated heterocycles. The van der Waals surface area contributed by atoms with Crippen LogP contribution in [0.5, 0.6) is 0 Å². The molecular formula is C10H19NO2. The molecule has 1 amide bonds. The maximum absolute atomic E-state index is 11.0. The summed E-state index contributed by atoms with van der Waals surface area (Å²) >= 11 is 0. The fourth-order valence-electron chi connectivity index (χ4n) is 0.963. The Kier molecular flexibility index (Phi) is 8.67. The van der Waals surface area contributed by atoms with Crippen LogP contribution in [0.2, 0.25) is 0 Å². The van der Waals surface area contributed by atoms with E-state index in [0.717, 1.165) is 32.2 Å². The van der Waals surface area contributed by atoms with Gasteiger partial charge in [-0.05, 0) is 25.7 Å². The van der Waals surface area contributed by atoms with Gasteiger partial charge in [-0.15, -0.1) is 6.58 Å². The van der Waals surface area contributed by atoms with Gasteiger partial charge in [-0.3, -0.25) is 4.79 Å². The molecule has 0 radical (unpaired) electrons. The highest BCUT2D eigenvalue weighted by Crippen LogP contribution is 1.93. The molecule has 3 heteroatoms. The number of hydrogen-bond donors (Lipinski definition) is 2. The zero-order valence-corrected chi connectivity index (χ0v) is 8.09. The van der Waals surface area contributed by atoms with E-state index in [1.165, 1.54) is 0 Å². The third kappa shape index (κ3) is 9.08.